The number of carboxylic acids is 3. The van der Waals surface area contributed by atoms with Crippen LogP contribution in [0.4, 0.5) is 0 Å². The quantitative estimate of drug-likeness (QED) is 0.400. The molecule has 0 spiro atoms. The van der Waals surface area contributed by atoms with Crippen molar-refractivity contribution in [3.8, 4) is 0 Å². The van der Waals surface area contributed by atoms with Crippen molar-refractivity contribution in [1.82, 2.24) is 0 Å². The molecular weight excluding hydrogens is 291 g/mol. The van der Waals surface area contributed by atoms with Gasteiger partial charge in [0.05, 0.1) is 0 Å². The van der Waals surface area contributed by atoms with Crippen LogP contribution in [0.3, 0.4) is 0 Å². The zero-order valence-corrected chi connectivity index (χ0v) is 9.44. The number of aliphatic carboxylic acids is 3. The summed E-state index contributed by atoms with van der Waals surface area (Å²) in [4.78, 5) is 31.3. The molecule has 0 radical (unpaired) electrons. The Bertz CT molecular complexity index is 389. The van der Waals surface area contributed by atoms with Crippen LogP contribution in [0.25, 0.3) is 0 Å². The van der Waals surface area contributed by atoms with Gasteiger partial charge in [-0.1, -0.05) is 0 Å². The van der Waals surface area contributed by atoms with E-state index in [0.717, 1.165) is 0 Å². The van der Waals surface area contributed by atoms with E-state index >= 15 is 0 Å². The number of carboxylic acid groups (broad SMARTS) is 3. The number of hydrogen-bond donors (Lipinski definition) is 4. The Kier molecular flexibility index (Phi) is 4.58. The van der Waals surface area contributed by atoms with Crippen LogP contribution in [0.5, 0.6) is 0 Å². The van der Waals surface area contributed by atoms with E-state index in [1.807, 2.05) is 0 Å². The van der Waals surface area contributed by atoms with Crippen LogP contribution >= 0.6 is 0 Å². The fourth-order valence-electron chi connectivity index (χ4n) is 0.931. The molecule has 0 heterocycles. The van der Waals surface area contributed by atoms with Crippen molar-refractivity contribution in [2.75, 3.05) is 0 Å². The van der Waals surface area contributed by atoms with E-state index in [9.17, 15) is 27.0 Å². The van der Waals surface area contributed by atoms with E-state index in [-0.39, 0.29) is 0 Å². The van der Waals surface area contributed by atoms with E-state index in [0.29, 0.717) is 0 Å². The fourth-order valence-corrected chi connectivity index (χ4v) is 2.22. The van der Waals surface area contributed by atoms with E-state index in [4.69, 9.17) is 15.3 Å². The summed E-state index contributed by atoms with van der Waals surface area (Å²) in [5.41, 5.74) is 0. The molecule has 0 fully saturated rings. The van der Waals surface area contributed by atoms with Crippen molar-refractivity contribution >= 4 is 32.4 Å². The summed E-state index contributed by atoms with van der Waals surface area (Å²) < 4.78 is 17.7. The second-order valence-electron chi connectivity index (χ2n) is 2.78. The van der Waals surface area contributed by atoms with Gasteiger partial charge in [-0.2, -0.15) is 0 Å². The molecule has 10 heteroatoms. The summed E-state index contributed by atoms with van der Waals surface area (Å²) in [6.07, 6.45) is -1.31. The molecule has 0 saturated heterocycles. The minimum atomic E-state index is -4.89. The third-order valence-corrected chi connectivity index (χ3v) is 3.98. The summed E-state index contributed by atoms with van der Waals surface area (Å²) in [5, 5.41) is 34.5. The van der Waals surface area contributed by atoms with Gasteiger partial charge in [-0.05, 0) is 0 Å². The first-order valence-electron chi connectivity index (χ1n) is 3.68. The maximum absolute atomic E-state index is 10.6. The summed E-state index contributed by atoms with van der Waals surface area (Å²) in [6.45, 7) is 0. The first kappa shape index (κ1) is 14.5. The molecule has 0 bridgehead atoms. The van der Waals surface area contributed by atoms with Crippen LogP contribution in [-0.4, -0.2) is 57.3 Å². The van der Waals surface area contributed by atoms with Crippen molar-refractivity contribution in [2.45, 2.75) is 10.8 Å². The zero-order valence-electron chi connectivity index (χ0n) is 7.56. The van der Waals surface area contributed by atoms with E-state index in [1.54, 1.807) is 0 Å². The third-order valence-electron chi connectivity index (χ3n) is 1.76. The Hall–Kier alpha value is -1.47. The molecular formula is C6H7AsO9. The SMILES string of the molecule is O=C(O)CC(C(=O)O)C(O)(C(=O)O)[As](=O)=O. The Balaban J connectivity index is 5.53. The number of carbonyl (C=O) groups is 3. The molecule has 0 amide bonds. The van der Waals surface area contributed by atoms with Gasteiger partial charge in [0.2, 0.25) is 0 Å². The maximum atomic E-state index is 10.6. The average Bonchev–Trinajstić information content (AvgIpc) is 2.11. The standard InChI is InChI=1S/C6H7AsO9/c8-3(9)1-2(4(10)11)6(14,5(12)13)7(15)16/h2,14H,1H2,(H,8,9)(H,10,11)(H,12,13). The van der Waals surface area contributed by atoms with Crippen LogP contribution in [0, 0.1) is 5.92 Å². The molecule has 16 heavy (non-hydrogen) atoms. The second-order valence-corrected chi connectivity index (χ2v) is 5.29. The van der Waals surface area contributed by atoms with Crippen LogP contribution in [-0.2, 0) is 21.9 Å². The Morgan fingerprint density at radius 2 is 1.56 bits per heavy atom. The van der Waals surface area contributed by atoms with E-state index in [2.05, 4.69) is 0 Å². The molecule has 2 unspecified atom stereocenters. The molecule has 4 N–H and O–H groups in total. The topological polar surface area (TPSA) is 166 Å². The van der Waals surface area contributed by atoms with Gasteiger partial charge in [-0.15, -0.1) is 0 Å². The molecule has 0 aromatic rings. The second kappa shape index (κ2) is 5.04. The molecule has 9 nitrogen and oxygen atoms in total. The van der Waals surface area contributed by atoms with Gasteiger partial charge in [0.25, 0.3) is 0 Å². The van der Waals surface area contributed by atoms with Gasteiger partial charge in [-0.25, -0.2) is 0 Å². The van der Waals surface area contributed by atoms with Crippen molar-refractivity contribution in [3.05, 3.63) is 0 Å². The van der Waals surface area contributed by atoms with E-state index in [1.165, 1.54) is 0 Å². The molecule has 0 aliphatic rings. The fraction of sp³-hybridized carbons (Fsp3) is 0.500. The molecule has 0 aliphatic heterocycles. The zero-order chi connectivity index (χ0) is 13.1. The molecule has 2 atom stereocenters. The van der Waals surface area contributed by atoms with Crippen LogP contribution < -0.4 is 0 Å². The first-order valence-corrected chi connectivity index (χ1v) is 6.16. The van der Waals surface area contributed by atoms with Gasteiger partial charge in [-0.3, -0.25) is 0 Å². The van der Waals surface area contributed by atoms with Gasteiger partial charge in [0, 0.05) is 0 Å². The van der Waals surface area contributed by atoms with Crippen LogP contribution in [0.2, 0.25) is 0 Å². The molecule has 0 saturated carbocycles. The Morgan fingerprint density at radius 1 is 1.12 bits per heavy atom. The predicted octanol–water partition coefficient (Wildman–Crippen LogP) is -2.13. The van der Waals surface area contributed by atoms with E-state index < -0.39 is 49.2 Å². The first-order chi connectivity index (χ1) is 7.13. The van der Waals surface area contributed by atoms with Crippen molar-refractivity contribution in [2.24, 2.45) is 5.92 Å². The summed E-state index contributed by atoms with van der Waals surface area (Å²) in [7, 11) is 0. The van der Waals surface area contributed by atoms with Crippen LogP contribution in [0.1, 0.15) is 6.42 Å². The molecule has 0 aromatic carbocycles. The van der Waals surface area contributed by atoms with Gasteiger partial charge < -0.3 is 0 Å². The molecule has 0 aromatic heterocycles. The number of rotatable bonds is 6. The normalized spacial score (nSPS) is 15.8. The van der Waals surface area contributed by atoms with Gasteiger partial charge in [0.1, 0.15) is 0 Å². The summed E-state index contributed by atoms with van der Waals surface area (Å²) in [5.74, 6) is -8.50. The van der Waals surface area contributed by atoms with Crippen molar-refractivity contribution in [3.63, 3.8) is 0 Å². The minimum absolute atomic E-state index is 1.31. The number of aliphatic hydroxyl groups is 1. The van der Waals surface area contributed by atoms with Gasteiger partial charge >= 0.3 is 91.5 Å². The van der Waals surface area contributed by atoms with Crippen molar-refractivity contribution in [1.29, 1.82) is 0 Å². The monoisotopic (exact) mass is 298 g/mol. The molecule has 90 valence electrons. The average molecular weight is 298 g/mol. The van der Waals surface area contributed by atoms with Gasteiger partial charge in [0.15, 0.2) is 0 Å². The summed E-state index contributed by atoms with van der Waals surface area (Å²) in [6, 6.07) is 0. The Morgan fingerprint density at radius 3 is 1.75 bits per heavy atom. The molecule has 0 aliphatic carbocycles. The number of hydrogen-bond acceptors (Lipinski definition) is 6. The Labute approximate surface area is 92.0 Å². The summed E-state index contributed by atoms with van der Waals surface area (Å²) >= 11 is -4.89. The van der Waals surface area contributed by atoms with Crippen molar-refractivity contribution < 1.29 is 42.3 Å². The molecule has 0 rings (SSSR count). The predicted molar refractivity (Wildman–Crippen MR) is 43.1 cm³/mol. The third kappa shape index (κ3) is 2.77. The van der Waals surface area contributed by atoms with Crippen LogP contribution in [0.15, 0.2) is 0 Å².